The Morgan fingerprint density at radius 2 is 0.897 bits per heavy atom. The number of aliphatic carboxylic acids is 1. The summed E-state index contributed by atoms with van der Waals surface area (Å²) in [6.45, 7) is 6.32. The quantitative estimate of drug-likeness (QED) is 0.125. The van der Waals surface area contributed by atoms with Crippen molar-refractivity contribution in [3.8, 4) is 0 Å². The highest BCUT2D eigenvalue weighted by Gasteiger charge is 2.33. The molecule has 0 saturated heterocycles. The van der Waals surface area contributed by atoms with Gasteiger partial charge in [0, 0.05) is 0 Å². The molecule has 1 N–H and O–H groups in total. The second kappa shape index (κ2) is 21.4. The SMILES string of the molecule is CCCCCCCCCCCCCCCCCCSC(C)(SCCCC)C(=O)O. The van der Waals surface area contributed by atoms with Crippen LogP contribution in [0.2, 0.25) is 0 Å². The minimum absolute atomic E-state index is 0.662. The van der Waals surface area contributed by atoms with Crippen molar-refractivity contribution in [1.82, 2.24) is 0 Å². The molecular formula is C25H50O2S2. The summed E-state index contributed by atoms with van der Waals surface area (Å²) >= 11 is 3.24. The zero-order chi connectivity index (χ0) is 21.6. The van der Waals surface area contributed by atoms with E-state index >= 15 is 0 Å². The normalized spacial score (nSPS) is 13.5. The Bertz CT molecular complexity index is 363. The zero-order valence-electron chi connectivity index (χ0n) is 19.8. The molecule has 0 aromatic heterocycles. The van der Waals surface area contributed by atoms with Crippen molar-refractivity contribution in [3.05, 3.63) is 0 Å². The van der Waals surface area contributed by atoms with Gasteiger partial charge in [-0.1, -0.05) is 117 Å². The summed E-state index contributed by atoms with van der Waals surface area (Å²) in [6.07, 6.45) is 24.3. The first kappa shape index (κ1) is 29.2. The molecule has 0 amide bonds. The van der Waals surface area contributed by atoms with Crippen LogP contribution in [-0.2, 0) is 4.79 Å². The number of rotatable bonds is 23. The number of thioether (sulfide) groups is 2. The summed E-state index contributed by atoms with van der Waals surface area (Å²) in [5, 5.41) is 9.53. The molecule has 0 aromatic carbocycles. The van der Waals surface area contributed by atoms with Crippen molar-refractivity contribution in [2.45, 2.75) is 140 Å². The van der Waals surface area contributed by atoms with E-state index in [9.17, 15) is 9.90 Å². The molecule has 0 bridgehead atoms. The van der Waals surface area contributed by atoms with Gasteiger partial charge in [0.25, 0.3) is 0 Å². The Hall–Kier alpha value is 0.170. The Morgan fingerprint density at radius 3 is 1.24 bits per heavy atom. The van der Waals surface area contributed by atoms with Crippen LogP contribution in [-0.4, -0.2) is 26.7 Å². The zero-order valence-corrected chi connectivity index (χ0v) is 21.4. The molecule has 0 radical (unpaired) electrons. The van der Waals surface area contributed by atoms with Crippen LogP contribution >= 0.6 is 23.5 Å². The molecule has 2 nitrogen and oxygen atoms in total. The van der Waals surface area contributed by atoms with E-state index in [0.717, 1.165) is 30.8 Å². The van der Waals surface area contributed by atoms with Gasteiger partial charge >= 0.3 is 5.97 Å². The predicted octanol–water partition coefficient (Wildman–Crippen LogP) is 9.32. The molecule has 0 aliphatic carbocycles. The van der Waals surface area contributed by atoms with E-state index < -0.39 is 10.0 Å². The monoisotopic (exact) mass is 446 g/mol. The molecular weight excluding hydrogens is 396 g/mol. The highest BCUT2D eigenvalue weighted by molar-refractivity contribution is 8.19. The van der Waals surface area contributed by atoms with Gasteiger partial charge in [-0.15, -0.1) is 23.5 Å². The Balaban J connectivity index is 3.39. The summed E-state index contributed by atoms with van der Waals surface area (Å²) in [5.74, 6) is 1.26. The highest BCUT2D eigenvalue weighted by atomic mass is 32.2. The van der Waals surface area contributed by atoms with Gasteiger partial charge in [-0.3, -0.25) is 0 Å². The Kier molecular flexibility index (Phi) is 21.5. The van der Waals surface area contributed by atoms with E-state index in [0.29, 0.717) is 0 Å². The van der Waals surface area contributed by atoms with E-state index in [1.807, 2.05) is 6.92 Å². The third-order valence-electron chi connectivity index (χ3n) is 5.64. The average Bonchev–Trinajstić information content (AvgIpc) is 2.70. The first-order chi connectivity index (χ1) is 14.1. The smallest absolute Gasteiger partial charge is 0.329 e. The Morgan fingerprint density at radius 1 is 0.586 bits per heavy atom. The molecule has 0 aliphatic heterocycles. The second-order valence-electron chi connectivity index (χ2n) is 8.60. The number of hydrogen-bond donors (Lipinski definition) is 1. The maximum atomic E-state index is 11.6. The van der Waals surface area contributed by atoms with E-state index in [-0.39, 0.29) is 0 Å². The lowest BCUT2D eigenvalue weighted by molar-refractivity contribution is -0.136. The van der Waals surface area contributed by atoms with E-state index in [1.165, 1.54) is 96.3 Å². The fourth-order valence-electron chi connectivity index (χ4n) is 3.49. The van der Waals surface area contributed by atoms with Crippen LogP contribution in [0.3, 0.4) is 0 Å². The minimum atomic E-state index is -0.667. The predicted molar refractivity (Wildman–Crippen MR) is 135 cm³/mol. The molecule has 4 heteroatoms. The molecule has 0 saturated carbocycles. The largest absolute Gasteiger partial charge is 0.480 e. The van der Waals surface area contributed by atoms with Gasteiger partial charge < -0.3 is 5.11 Å². The average molecular weight is 447 g/mol. The van der Waals surface area contributed by atoms with Crippen LogP contribution in [0.25, 0.3) is 0 Å². The number of carboxylic acid groups (broad SMARTS) is 1. The van der Waals surface area contributed by atoms with Gasteiger partial charge in [-0.25, -0.2) is 4.79 Å². The highest BCUT2D eigenvalue weighted by Crippen LogP contribution is 2.38. The third-order valence-corrected chi connectivity index (χ3v) is 8.78. The van der Waals surface area contributed by atoms with Crippen molar-refractivity contribution in [1.29, 1.82) is 0 Å². The molecule has 0 aromatic rings. The molecule has 0 spiro atoms. The fraction of sp³-hybridized carbons (Fsp3) is 0.960. The second-order valence-corrected chi connectivity index (χ2v) is 11.9. The van der Waals surface area contributed by atoms with Crippen molar-refractivity contribution < 1.29 is 9.90 Å². The van der Waals surface area contributed by atoms with E-state index in [2.05, 4.69) is 13.8 Å². The summed E-state index contributed by atoms with van der Waals surface area (Å²) in [7, 11) is 0. The Labute approximate surface area is 191 Å². The molecule has 1 unspecified atom stereocenters. The molecule has 1 atom stereocenters. The number of carboxylic acids is 1. The number of hydrogen-bond acceptors (Lipinski definition) is 3. The summed E-state index contributed by atoms with van der Waals surface area (Å²) in [4.78, 5) is 11.6. The third kappa shape index (κ3) is 18.6. The molecule has 174 valence electrons. The van der Waals surface area contributed by atoms with Crippen LogP contribution in [0, 0.1) is 0 Å². The molecule has 0 heterocycles. The summed E-state index contributed by atoms with van der Waals surface area (Å²) in [6, 6.07) is 0. The van der Waals surface area contributed by atoms with Crippen LogP contribution in [0.1, 0.15) is 136 Å². The first-order valence-electron chi connectivity index (χ1n) is 12.6. The number of unbranched alkanes of at least 4 members (excludes halogenated alkanes) is 16. The van der Waals surface area contributed by atoms with Crippen molar-refractivity contribution >= 4 is 29.5 Å². The van der Waals surface area contributed by atoms with Crippen LogP contribution in [0.5, 0.6) is 0 Å². The van der Waals surface area contributed by atoms with Gasteiger partial charge in [0.15, 0.2) is 4.08 Å². The van der Waals surface area contributed by atoms with E-state index in [1.54, 1.807) is 23.5 Å². The topological polar surface area (TPSA) is 37.3 Å². The van der Waals surface area contributed by atoms with Gasteiger partial charge in [0.1, 0.15) is 0 Å². The lowest BCUT2D eigenvalue weighted by Crippen LogP contribution is -2.28. The van der Waals surface area contributed by atoms with Crippen LogP contribution < -0.4 is 0 Å². The maximum absolute atomic E-state index is 11.6. The molecule has 0 rings (SSSR count). The summed E-state index contributed by atoms with van der Waals surface area (Å²) in [5.41, 5.74) is 0. The molecule has 0 fully saturated rings. The van der Waals surface area contributed by atoms with Crippen molar-refractivity contribution in [3.63, 3.8) is 0 Å². The van der Waals surface area contributed by atoms with Crippen molar-refractivity contribution in [2.24, 2.45) is 0 Å². The first-order valence-corrected chi connectivity index (χ1v) is 14.5. The van der Waals surface area contributed by atoms with Gasteiger partial charge in [0.05, 0.1) is 0 Å². The standard InChI is InChI=1S/C25H50O2S2/c1-4-6-8-9-10-11-12-13-14-15-16-17-18-19-20-21-23-29-25(3,24(26)27)28-22-7-5-2/h4-23H2,1-3H3,(H,26,27). The van der Waals surface area contributed by atoms with Gasteiger partial charge in [-0.2, -0.15) is 0 Å². The molecule has 29 heavy (non-hydrogen) atoms. The van der Waals surface area contributed by atoms with Gasteiger partial charge in [0.2, 0.25) is 0 Å². The molecule has 0 aliphatic rings. The summed E-state index contributed by atoms with van der Waals surface area (Å²) < 4.78 is -0.662. The van der Waals surface area contributed by atoms with Crippen molar-refractivity contribution in [2.75, 3.05) is 11.5 Å². The van der Waals surface area contributed by atoms with E-state index in [4.69, 9.17) is 0 Å². The lowest BCUT2D eigenvalue weighted by Gasteiger charge is -2.23. The maximum Gasteiger partial charge on any atom is 0.329 e. The number of carbonyl (C=O) groups is 1. The van der Waals surface area contributed by atoms with Crippen LogP contribution in [0.4, 0.5) is 0 Å². The van der Waals surface area contributed by atoms with Gasteiger partial charge in [-0.05, 0) is 31.3 Å². The minimum Gasteiger partial charge on any atom is -0.480 e. The van der Waals surface area contributed by atoms with Crippen LogP contribution in [0.15, 0.2) is 0 Å². The lowest BCUT2D eigenvalue weighted by atomic mass is 10.0. The fourth-order valence-corrected chi connectivity index (χ4v) is 6.13.